The van der Waals surface area contributed by atoms with Gasteiger partial charge in [0.1, 0.15) is 0 Å². The summed E-state index contributed by atoms with van der Waals surface area (Å²) in [7, 11) is 0. The van der Waals surface area contributed by atoms with E-state index in [1.54, 1.807) is 0 Å². The molecule has 70 valence electrons. The highest BCUT2D eigenvalue weighted by atomic mass is 16.5. The predicted octanol–water partition coefficient (Wildman–Crippen LogP) is 2.99. The van der Waals surface area contributed by atoms with Gasteiger partial charge in [-0.15, -0.1) is 0 Å². The van der Waals surface area contributed by atoms with Crippen LogP contribution in [0.3, 0.4) is 0 Å². The predicted molar refractivity (Wildman–Crippen MR) is 50.1 cm³/mol. The molecule has 1 aliphatic carbocycles. The molecule has 1 saturated heterocycles. The Labute approximate surface area is 75.5 Å². The second kappa shape index (κ2) is 3.02. The fraction of sp³-hybridized carbons (Fsp3) is 1.00. The van der Waals surface area contributed by atoms with Crippen LogP contribution in [-0.4, -0.2) is 12.2 Å². The number of hydrogen-bond acceptors (Lipinski definition) is 1. The van der Waals surface area contributed by atoms with Gasteiger partial charge in [0.05, 0.1) is 12.2 Å². The lowest BCUT2D eigenvalue weighted by atomic mass is 9.74. The second-order valence-corrected chi connectivity index (χ2v) is 4.70. The zero-order chi connectivity index (χ0) is 8.60. The van der Waals surface area contributed by atoms with E-state index in [-0.39, 0.29) is 0 Å². The van der Waals surface area contributed by atoms with Crippen LogP contribution in [0.15, 0.2) is 0 Å². The summed E-state index contributed by atoms with van der Waals surface area (Å²) in [4.78, 5) is 0. The Hall–Kier alpha value is -0.0400. The average Bonchev–Trinajstić information content (AvgIpc) is 2.37. The van der Waals surface area contributed by atoms with Crippen LogP contribution in [0.1, 0.15) is 46.0 Å². The van der Waals surface area contributed by atoms with Gasteiger partial charge >= 0.3 is 0 Å². The zero-order valence-electron chi connectivity index (χ0n) is 8.31. The van der Waals surface area contributed by atoms with Crippen LogP contribution < -0.4 is 0 Å². The molecule has 1 aliphatic heterocycles. The largest absolute Gasteiger partial charge is 0.374 e. The van der Waals surface area contributed by atoms with E-state index < -0.39 is 0 Å². The molecule has 2 atom stereocenters. The van der Waals surface area contributed by atoms with Crippen molar-refractivity contribution in [1.29, 1.82) is 0 Å². The maximum atomic E-state index is 6.01. The fourth-order valence-corrected chi connectivity index (χ4v) is 2.84. The van der Waals surface area contributed by atoms with E-state index in [1.807, 2.05) is 0 Å². The Bertz CT molecular complexity index is 153. The lowest BCUT2D eigenvalue weighted by Crippen LogP contribution is -2.37. The zero-order valence-corrected chi connectivity index (χ0v) is 8.31. The van der Waals surface area contributed by atoms with Gasteiger partial charge in [-0.25, -0.2) is 0 Å². The molecule has 0 radical (unpaired) electrons. The Morgan fingerprint density at radius 3 is 2.25 bits per heavy atom. The molecule has 12 heavy (non-hydrogen) atoms. The van der Waals surface area contributed by atoms with Crippen LogP contribution in [0.25, 0.3) is 0 Å². The van der Waals surface area contributed by atoms with Crippen LogP contribution in [0.4, 0.5) is 0 Å². The van der Waals surface area contributed by atoms with E-state index in [4.69, 9.17) is 4.74 Å². The maximum absolute atomic E-state index is 6.01. The minimum absolute atomic E-state index is 0.303. The monoisotopic (exact) mass is 168 g/mol. The summed E-state index contributed by atoms with van der Waals surface area (Å²) in [6, 6.07) is 0. The van der Waals surface area contributed by atoms with E-state index in [9.17, 15) is 0 Å². The molecule has 2 rings (SSSR count). The summed E-state index contributed by atoms with van der Waals surface area (Å²) in [5, 5.41) is 0. The highest BCUT2D eigenvalue weighted by Crippen LogP contribution is 2.45. The first-order valence-electron chi connectivity index (χ1n) is 5.38. The third kappa shape index (κ3) is 1.19. The van der Waals surface area contributed by atoms with Crippen molar-refractivity contribution in [2.75, 3.05) is 6.61 Å². The number of rotatable bonds is 0. The van der Waals surface area contributed by atoms with Gasteiger partial charge in [0.2, 0.25) is 0 Å². The van der Waals surface area contributed by atoms with Crippen LogP contribution >= 0.6 is 0 Å². The van der Waals surface area contributed by atoms with Crippen molar-refractivity contribution in [2.24, 2.45) is 11.8 Å². The summed E-state index contributed by atoms with van der Waals surface area (Å²) >= 11 is 0. The molecule has 0 aromatic rings. The Balaban J connectivity index is 2.09. The Morgan fingerprint density at radius 1 is 1.08 bits per heavy atom. The molecule has 0 unspecified atom stereocenters. The molecule has 0 amide bonds. The molecule has 0 aromatic heterocycles. The molecule has 0 N–H and O–H groups in total. The molecule has 1 nitrogen and oxygen atoms in total. The van der Waals surface area contributed by atoms with E-state index >= 15 is 0 Å². The molecular weight excluding hydrogens is 148 g/mol. The Morgan fingerprint density at radius 2 is 1.75 bits per heavy atom. The van der Waals surface area contributed by atoms with Gasteiger partial charge in [-0.3, -0.25) is 0 Å². The lowest BCUT2D eigenvalue weighted by molar-refractivity contribution is -0.0458. The van der Waals surface area contributed by atoms with E-state index in [2.05, 4.69) is 13.8 Å². The molecular formula is C11H20O. The molecule has 0 aromatic carbocycles. The standard InChI is InChI=1S/C11H20O/c1-9-8-12-11(10(9)2)6-4-3-5-7-11/h9-10H,3-8H2,1-2H3/t9-,10+/m0/s1. The molecule has 2 fully saturated rings. The first-order valence-corrected chi connectivity index (χ1v) is 5.38. The van der Waals surface area contributed by atoms with Crippen molar-refractivity contribution in [2.45, 2.75) is 51.6 Å². The third-order valence-electron chi connectivity index (χ3n) is 4.02. The van der Waals surface area contributed by atoms with Crippen LogP contribution in [0.2, 0.25) is 0 Å². The summed E-state index contributed by atoms with van der Waals surface area (Å²) in [5.41, 5.74) is 0.303. The van der Waals surface area contributed by atoms with Crippen molar-refractivity contribution >= 4 is 0 Å². The summed E-state index contributed by atoms with van der Waals surface area (Å²) in [5.74, 6) is 1.57. The summed E-state index contributed by atoms with van der Waals surface area (Å²) in [6.07, 6.45) is 6.83. The van der Waals surface area contributed by atoms with Gasteiger partial charge in [0.15, 0.2) is 0 Å². The first-order chi connectivity index (χ1) is 5.75. The van der Waals surface area contributed by atoms with E-state index in [0.717, 1.165) is 18.4 Å². The number of hydrogen-bond donors (Lipinski definition) is 0. The van der Waals surface area contributed by atoms with E-state index in [1.165, 1.54) is 32.1 Å². The fourth-order valence-electron chi connectivity index (χ4n) is 2.84. The topological polar surface area (TPSA) is 9.23 Å². The van der Waals surface area contributed by atoms with Gasteiger partial charge in [0.25, 0.3) is 0 Å². The van der Waals surface area contributed by atoms with Gasteiger partial charge in [0, 0.05) is 0 Å². The molecule has 1 spiro atoms. The highest BCUT2D eigenvalue weighted by Gasteiger charge is 2.45. The average molecular weight is 168 g/mol. The van der Waals surface area contributed by atoms with Crippen molar-refractivity contribution in [1.82, 2.24) is 0 Å². The molecule has 1 saturated carbocycles. The number of ether oxygens (including phenoxy) is 1. The summed E-state index contributed by atoms with van der Waals surface area (Å²) in [6.45, 7) is 5.71. The van der Waals surface area contributed by atoms with Crippen molar-refractivity contribution in [3.8, 4) is 0 Å². The molecule has 0 bridgehead atoms. The molecule has 1 heterocycles. The van der Waals surface area contributed by atoms with Gasteiger partial charge in [-0.2, -0.15) is 0 Å². The normalized spacial score (nSPS) is 40.5. The lowest BCUT2D eigenvalue weighted by Gasteiger charge is -2.37. The molecule has 2 aliphatic rings. The maximum Gasteiger partial charge on any atom is 0.0711 e. The van der Waals surface area contributed by atoms with Crippen LogP contribution in [0.5, 0.6) is 0 Å². The highest BCUT2D eigenvalue weighted by molar-refractivity contribution is 4.95. The minimum Gasteiger partial charge on any atom is -0.374 e. The van der Waals surface area contributed by atoms with Crippen LogP contribution in [0, 0.1) is 11.8 Å². The van der Waals surface area contributed by atoms with Crippen molar-refractivity contribution in [3.05, 3.63) is 0 Å². The molecule has 1 heteroatoms. The van der Waals surface area contributed by atoms with Gasteiger partial charge < -0.3 is 4.74 Å². The summed E-state index contributed by atoms with van der Waals surface area (Å²) < 4.78 is 6.01. The van der Waals surface area contributed by atoms with Gasteiger partial charge in [-0.1, -0.05) is 33.1 Å². The van der Waals surface area contributed by atoms with Crippen molar-refractivity contribution < 1.29 is 4.74 Å². The van der Waals surface area contributed by atoms with Crippen molar-refractivity contribution in [3.63, 3.8) is 0 Å². The quantitative estimate of drug-likeness (QED) is 0.540. The SMILES string of the molecule is C[C@@H]1[C@@H](C)COC12CCCCC2. The Kier molecular flexibility index (Phi) is 2.16. The first kappa shape index (κ1) is 8.55. The smallest absolute Gasteiger partial charge is 0.0711 e. The second-order valence-electron chi connectivity index (χ2n) is 4.70. The van der Waals surface area contributed by atoms with Gasteiger partial charge in [-0.05, 0) is 24.7 Å². The van der Waals surface area contributed by atoms with E-state index in [0.29, 0.717) is 5.60 Å². The minimum atomic E-state index is 0.303. The van der Waals surface area contributed by atoms with Crippen LogP contribution in [-0.2, 0) is 4.74 Å². The third-order valence-corrected chi connectivity index (χ3v) is 4.02.